The van der Waals surface area contributed by atoms with Gasteiger partial charge in [0.05, 0.1) is 17.0 Å². The van der Waals surface area contributed by atoms with Crippen molar-refractivity contribution in [2.75, 3.05) is 0 Å². The number of oxime groups is 1. The molecule has 0 radical (unpaired) electrons. The molecule has 19 heavy (non-hydrogen) atoms. The summed E-state index contributed by atoms with van der Waals surface area (Å²) in [5.41, 5.74) is 9.60. The van der Waals surface area contributed by atoms with Crippen molar-refractivity contribution in [3.8, 4) is 5.82 Å². The first-order chi connectivity index (χ1) is 8.95. The minimum Gasteiger partial charge on any atom is -0.409 e. The molecule has 3 N–H and O–H groups in total. The summed E-state index contributed by atoms with van der Waals surface area (Å²) in [6.07, 6.45) is 0. The summed E-state index contributed by atoms with van der Waals surface area (Å²) < 4.78 is 1.64. The molecule has 0 saturated heterocycles. The van der Waals surface area contributed by atoms with Crippen molar-refractivity contribution < 1.29 is 5.21 Å². The first-order valence-electron chi connectivity index (χ1n) is 5.81. The molecule has 2 aromatic rings. The minimum atomic E-state index is -0.00180. The van der Waals surface area contributed by atoms with Crippen LogP contribution in [0.2, 0.25) is 0 Å². The van der Waals surface area contributed by atoms with E-state index >= 15 is 0 Å². The molecule has 0 aliphatic heterocycles. The van der Waals surface area contributed by atoms with Gasteiger partial charge < -0.3 is 10.9 Å². The Morgan fingerprint density at radius 2 is 1.95 bits per heavy atom. The highest BCUT2D eigenvalue weighted by molar-refractivity contribution is 6.01. The van der Waals surface area contributed by atoms with E-state index in [0.29, 0.717) is 11.4 Å². The van der Waals surface area contributed by atoms with Crippen LogP contribution in [-0.2, 0) is 0 Å². The second-order valence-electron chi connectivity index (χ2n) is 4.43. The molecule has 0 bridgehead atoms. The van der Waals surface area contributed by atoms with Crippen LogP contribution in [0.4, 0.5) is 0 Å². The minimum absolute atomic E-state index is 0.00180. The highest BCUT2D eigenvalue weighted by Crippen LogP contribution is 2.19. The third-order valence-electron chi connectivity index (χ3n) is 3.01. The number of aryl methyl sites for hydroxylation is 3. The van der Waals surface area contributed by atoms with Gasteiger partial charge in [0.1, 0.15) is 0 Å². The third-order valence-corrected chi connectivity index (χ3v) is 3.01. The zero-order chi connectivity index (χ0) is 14.2. The molecule has 100 valence electrons. The van der Waals surface area contributed by atoms with Gasteiger partial charge in [-0.1, -0.05) is 5.16 Å². The largest absolute Gasteiger partial charge is 0.409 e. The van der Waals surface area contributed by atoms with Crippen molar-refractivity contribution in [3.05, 3.63) is 34.3 Å². The Kier molecular flexibility index (Phi) is 3.20. The summed E-state index contributed by atoms with van der Waals surface area (Å²) in [7, 11) is 0. The average molecular weight is 260 g/mol. The van der Waals surface area contributed by atoms with Crippen molar-refractivity contribution in [1.82, 2.24) is 20.0 Å². The van der Waals surface area contributed by atoms with Gasteiger partial charge in [0.15, 0.2) is 11.7 Å². The van der Waals surface area contributed by atoms with Gasteiger partial charge in [-0.15, -0.1) is 5.10 Å². The van der Waals surface area contributed by atoms with Gasteiger partial charge in [0.25, 0.3) is 0 Å². The average Bonchev–Trinajstić information content (AvgIpc) is 2.70. The number of hydrogen-bond donors (Lipinski definition) is 2. The summed E-state index contributed by atoms with van der Waals surface area (Å²) in [5, 5.41) is 24.6. The molecular weight excluding hydrogens is 244 g/mol. The highest BCUT2D eigenvalue weighted by atomic mass is 16.4. The normalized spacial score (nSPS) is 11.9. The van der Waals surface area contributed by atoms with E-state index in [4.69, 9.17) is 10.9 Å². The lowest BCUT2D eigenvalue weighted by atomic mass is 10.1. The quantitative estimate of drug-likeness (QED) is 0.363. The Hall–Kier alpha value is -2.44. The van der Waals surface area contributed by atoms with Crippen molar-refractivity contribution in [2.24, 2.45) is 10.9 Å². The SMILES string of the molecule is Cc1cc(C)n(-c2nnc(C)c(C)c2/C(N)=N/O)n1. The van der Waals surface area contributed by atoms with E-state index in [-0.39, 0.29) is 5.84 Å². The van der Waals surface area contributed by atoms with Crippen LogP contribution in [0.5, 0.6) is 0 Å². The number of aromatic nitrogens is 4. The maximum atomic E-state index is 8.93. The number of nitrogens with two attached hydrogens (primary N) is 1. The number of amidine groups is 1. The van der Waals surface area contributed by atoms with E-state index in [9.17, 15) is 0 Å². The van der Waals surface area contributed by atoms with Crippen molar-refractivity contribution in [1.29, 1.82) is 0 Å². The maximum Gasteiger partial charge on any atom is 0.187 e. The molecule has 0 aromatic carbocycles. The number of rotatable bonds is 2. The molecule has 0 unspecified atom stereocenters. The van der Waals surface area contributed by atoms with E-state index in [2.05, 4.69) is 20.5 Å². The van der Waals surface area contributed by atoms with Gasteiger partial charge in [-0.05, 0) is 39.3 Å². The highest BCUT2D eigenvalue weighted by Gasteiger charge is 2.18. The molecule has 0 aliphatic rings. The fraction of sp³-hybridized carbons (Fsp3) is 0.333. The lowest BCUT2D eigenvalue weighted by molar-refractivity contribution is 0.318. The number of nitrogens with zero attached hydrogens (tertiary/aromatic N) is 5. The Morgan fingerprint density at radius 3 is 2.47 bits per heavy atom. The fourth-order valence-electron chi connectivity index (χ4n) is 1.94. The smallest absolute Gasteiger partial charge is 0.187 e. The van der Waals surface area contributed by atoms with E-state index in [1.807, 2.05) is 33.8 Å². The van der Waals surface area contributed by atoms with E-state index in [0.717, 1.165) is 22.6 Å². The molecule has 7 nitrogen and oxygen atoms in total. The van der Waals surface area contributed by atoms with Crippen LogP contribution in [0.25, 0.3) is 5.82 Å². The van der Waals surface area contributed by atoms with Crippen LogP contribution >= 0.6 is 0 Å². The molecule has 2 rings (SSSR count). The maximum absolute atomic E-state index is 8.93. The van der Waals surface area contributed by atoms with Crippen LogP contribution in [0.1, 0.15) is 28.2 Å². The standard InChI is InChI=1S/C12H16N6O/c1-6-5-7(2)18(16-6)12-10(11(13)17-19)8(3)9(4)14-15-12/h5,19H,1-4H3,(H2,13,17). The predicted octanol–water partition coefficient (Wildman–Crippen LogP) is 0.990. The first-order valence-corrected chi connectivity index (χ1v) is 5.81. The molecule has 0 amide bonds. The summed E-state index contributed by atoms with van der Waals surface area (Å²) >= 11 is 0. The monoisotopic (exact) mass is 260 g/mol. The Labute approximate surface area is 110 Å². The Balaban J connectivity index is 2.77. The second-order valence-corrected chi connectivity index (χ2v) is 4.43. The zero-order valence-electron chi connectivity index (χ0n) is 11.3. The molecule has 0 aliphatic carbocycles. The summed E-state index contributed by atoms with van der Waals surface area (Å²) in [4.78, 5) is 0. The molecule has 2 heterocycles. The van der Waals surface area contributed by atoms with Gasteiger partial charge in [0, 0.05) is 5.69 Å². The molecule has 0 fully saturated rings. The third kappa shape index (κ3) is 2.14. The van der Waals surface area contributed by atoms with E-state index < -0.39 is 0 Å². The molecule has 0 saturated carbocycles. The second kappa shape index (κ2) is 4.68. The lowest BCUT2D eigenvalue weighted by Gasteiger charge is -2.12. The summed E-state index contributed by atoms with van der Waals surface area (Å²) in [6, 6.07) is 1.92. The Morgan fingerprint density at radius 1 is 1.26 bits per heavy atom. The topological polar surface area (TPSA) is 102 Å². The number of hydrogen-bond acceptors (Lipinski definition) is 5. The predicted molar refractivity (Wildman–Crippen MR) is 70.6 cm³/mol. The first kappa shape index (κ1) is 13.0. The van der Waals surface area contributed by atoms with Gasteiger partial charge >= 0.3 is 0 Å². The van der Waals surface area contributed by atoms with Crippen molar-refractivity contribution in [2.45, 2.75) is 27.7 Å². The molecule has 7 heteroatoms. The van der Waals surface area contributed by atoms with Gasteiger partial charge in [-0.2, -0.15) is 10.2 Å². The summed E-state index contributed by atoms with van der Waals surface area (Å²) in [6.45, 7) is 7.47. The molecular formula is C12H16N6O. The van der Waals surface area contributed by atoms with E-state index in [1.165, 1.54) is 0 Å². The van der Waals surface area contributed by atoms with Gasteiger partial charge in [-0.3, -0.25) is 0 Å². The van der Waals surface area contributed by atoms with Gasteiger partial charge in [0.2, 0.25) is 0 Å². The van der Waals surface area contributed by atoms with Crippen LogP contribution in [-0.4, -0.2) is 31.0 Å². The van der Waals surface area contributed by atoms with Crippen molar-refractivity contribution in [3.63, 3.8) is 0 Å². The Bertz CT molecular complexity index is 658. The lowest BCUT2D eigenvalue weighted by Crippen LogP contribution is -2.21. The van der Waals surface area contributed by atoms with Crippen LogP contribution in [0, 0.1) is 27.7 Å². The van der Waals surface area contributed by atoms with Crippen LogP contribution in [0.3, 0.4) is 0 Å². The van der Waals surface area contributed by atoms with Crippen LogP contribution in [0.15, 0.2) is 11.2 Å². The van der Waals surface area contributed by atoms with Gasteiger partial charge in [-0.25, -0.2) is 4.68 Å². The summed E-state index contributed by atoms with van der Waals surface area (Å²) in [5.74, 6) is 0.460. The van der Waals surface area contributed by atoms with Crippen molar-refractivity contribution >= 4 is 5.84 Å². The zero-order valence-corrected chi connectivity index (χ0v) is 11.3. The fourth-order valence-corrected chi connectivity index (χ4v) is 1.94. The molecule has 0 spiro atoms. The molecule has 0 atom stereocenters. The molecule has 2 aromatic heterocycles. The van der Waals surface area contributed by atoms with E-state index in [1.54, 1.807) is 4.68 Å². The van der Waals surface area contributed by atoms with Crippen LogP contribution < -0.4 is 5.73 Å².